The Balaban J connectivity index is 2.56. The molecule has 1 heterocycles. The smallest absolute Gasteiger partial charge is 0.0535 e. The first-order valence-corrected chi connectivity index (χ1v) is 5.92. The maximum absolute atomic E-state index is 5.47. The molecule has 0 aliphatic carbocycles. The van der Waals surface area contributed by atoms with Gasteiger partial charge in [0.1, 0.15) is 0 Å². The number of nitrogens with zero attached hydrogens (tertiary/aromatic N) is 1. The van der Waals surface area contributed by atoms with Crippen LogP contribution < -0.4 is 0 Å². The fraction of sp³-hybridized carbons (Fsp3) is 0. The van der Waals surface area contributed by atoms with Crippen molar-refractivity contribution in [3.63, 3.8) is 0 Å². The van der Waals surface area contributed by atoms with E-state index in [4.69, 9.17) is 12.8 Å². The fourth-order valence-corrected chi connectivity index (χ4v) is 2.43. The molecule has 0 fully saturated rings. The Morgan fingerprint density at radius 2 is 1.37 bits per heavy atom. The van der Waals surface area contributed by atoms with Crippen molar-refractivity contribution < 1.29 is 0 Å². The first-order chi connectivity index (χ1) is 9.28. The summed E-state index contributed by atoms with van der Waals surface area (Å²) in [5.74, 6) is 5.33. The molecule has 0 N–H and O–H groups in total. The standard InChI is InChI=1S/C18H11N/c1-4-13-7-9-17-15(11-13)16-12-14(5-2)8-10-18(16)19(17)6-3/h1-2,6-12H,3H2. The number of terminal acetylenes is 2. The van der Waals surface area contributed by atoms with Crippen molar-refractivity contribution in [2.24, 2.45) is 0 Å². The van der Waals surface area contributed by atoms with E-state index in [0.29, 0.717) is 0 Å². The zero-order valence-electron chi connectivity index (χ0n) is 10.4. The molecular formula is C18H11N. The highest BCUT2D eigenvalue weighted by Crippen LogP contribution is 2.30. The average molecular weight is 241 g/mol. The molecule has 0 saturated carbocycles. The Labute approximate surface area is 112 Å². The van der Waals surface area contributed by atoms with Crippen LogP contribution in [0.15, 0.2) is 43.0 Å². The third kappa shape index (κ3) is 1.53. The summed E-state index contributed by atoms with van der Waals surface area (Å²) in [6, 6.07) is 11.9. The number of aromatic nitrogens is 1. The van der Waals surface area contributed by atoms with E-state index in [-0.39, 0.29) is 0 Å². The lowest BCUT2D eigenvalue weighted by Crippen LogP contribution is -1.84. The van der Waals surface area contributed by atoms with E-state index < -0.39 is 0 Å². The van der Waals surface area contributed by atoms with Crippen molar-refractivity contribution in [2.45, 2.75) is 0 Å². The van der Waals surface area contributed by atoms with E-state index >= 15 is 0 Å². The second kappa shape index (κ2) is 4.09. The highest BCUT2D eigenvalue weighted by atomic mass is 14.9. The Morgan fingerprint density at radius 1 is 0.895 bits per heavy atom. The van der Waals surface area contributed by atoms with E-state index in [1.54, 1.807) is 6.20 Å². The van der Waals surface area contributed by atoms with Gasteiger partial charge in [0, 0.05) is 28.1 Å². The number of hydrogen-bond acceptors (Lipinski definition) is 0. The van der Waals surface area contributed by atoms with Crippen LogP contribution in [0.25, 0.3) is 28.0 Å². The molecule has 0 aliphatic rings. The van der Waals surface area contributed by atoms with Crippen LogP contribution in [0, 0.1) is 24.7 Å². The molecule has 3 rings (SSSR count). The first-order valence-electron chi connectivity index (χ1n) is 5.92. The van der Waals surface area contributed by atoms with Gasteiger partial charge in [-0.25, -0.2) is 0 Å². The Hall–Kier alpha value is -2.90. The summed E-state index contributed by atoms with van der Waals surface area (Å²) in [6.45, 7) is 3.87. The monoisotopic (exact) mass is 241 g/mol. The van der Waals surface area contributed by atoms with Gasteiger partial charge in [0.25, 0.3) is 0 Å². The van der Waals surface area contributed by atoms with Gasteiger partial charge in [-0.1, -0.05) is 18.4 Å². The van der Waals surface area contributed by atoms with Gasteiger partial charge in [0.15, 0.2) is 0 Å². The summed E-state index contributed by atoms with van der Waals surface area (Å²) in [5, 5.41) is 2.20. The lowest BCUT2D eigenvalue weighted by atomic mass is 10.1. The molecule has 0 amide bonds. The molecule has 0 saturated heterocycles. The maximum atomic E-state index is 5.47. The molecule has 1 aromatic heterocycles. The lowest BCUT2D eigenvalue weighted by Gasteiger charge is -1.98. The molecule has 3 aromatic rings. The maximum Gasteiger partial charge on any atom is 0.0535 e. The van der Waals surface area contributed by atoms with E-state index in [0.717, 1.165) is 32.9 Å². The topological polar surface area (TPSA) is 4.93 Å². The van der Waals surface area contributed by atoms with E-state index in [9.17, 15) is 0 Å². The Morgan fingerprint density at radius 3 is 1.74 bits per heavy atom. The van der Waals surface area contributed by atoms with E-state index in [1.165, 1.54) is 0 Å². The minimum atomic E-state index is 0.863. The van der Waals surface area contributed by atoms with Crippen LogP contribution in [0.1, 0.15) is 11.1 Å². The largest absolute Gasteiger partial charge is 0.317 e. The van der Waals surface area contributed by atoms with Gasteiger partial charge in [-0.2, -0.15) is 0 Å². The SMILES string of the molecule is C#Cc1ccc2c(c1)c1cc(C#C)ccc1n2C=C. The Kier molecular flexibility index (Phi) is 2.41. The zero-order valence-corrected chi connectivity index (χ0v) is 10.4. The van der Waals surface area contributed by atoms with Crippen LogP contribution in [0.2, 0.25) is 0 Å². The number of hydrogen-bond donors (Lipinski definition) is 0. The second-order valence-electron chi connectivity index (χ2n) is 4.31. The van der Waals surface area contributed by atoms with Crippen LogP contribution in [0.3, 0.4) is 0 Å². The summed E-state index contributed by atoms with van der Waals surface area (Å²) in [7, 11) is 0. The van der Waals surface area contributed by atoms with Gasteiger partial charge in [0.05, 0.1) is 11.0 Å². The summed E-state index contributed by atoms with van der Waals surface area (Å²) < 4.78 is 2.05. The van der Waals surface area contributed by atoms with Crippen LogP contribution in [0.4, 0.5) is 0 Å². The average Bonchev–Trinajstić information content (AvgIpc) is 2.79. The molecule has 0 unspecified atom stereocenters. The van der Waals surface area contributed by atoms with Crippen molar-refractivity contribution >= 4 is 28.0 Å². The van der Waals surface area contributed by atoms with Gasteiger partial charge in [-0.05, 0) is 36.4 Å². The minimum absolute atomic E-state index is 0.863. The molecule has 0 atom stereocenters. The first kappa shape index (κ1) is 11.2. The number of fused-ring (bicyclic) bond motifs is 3. The summed E-state index contributed by atoms with van der Waals surface area (Å²) in [5.41, 5.74) is 3.89. The molecule has 1 heteroatoms. The number of benzene rings is 2. The van der Waals surface area contributed by atoms with Crippen LogP contribution in [-0.2, 0) is 0 Å². The highest BCUT2D eigenvalue weighted by molar-refractivity contribution is 6.10. The Bertz CT molecular complexity index is 824. The molecule has 2 aromatic carbocycles. The normalized spacial score (nSPS) is 10.2. The van der Waals surface area contributed by atoms with Crippen molar-refractivity contribution in [3.8, 4) is 24.7 Å². The minimum Gasteiger partial charge on any atom is -0.317 e. The predicted octanol–water partition coefficient (Wildman–Crippen LogP) is 3.86. The van der Waals surface area contributed by atoms with E-state index in [2.05, 4.69) is 18.4 Å². The van der Waals surface area contributed by atoms with E-state index in [1.807, 2.05) is 41.0 Å². The van der Waals surface area contributed by atoms with Gasteiger partial charge in [-0.3, -0.25) is 0 Å². The van der Waals surface area contributed by atoms with Crippen LogP contribution in [-0.4, -0.2) is 4.57 Å². The second-order valence-corrected chi connectivity index (χ2v) is 4.31. The summed E-state index contributed by atoms with van der Waals surface area (Å²) in [4.78, 5) is 0. The van der Waals surface area contributed by atoms with Crippen molar-refractivity contribution in [1.82, 2.24) is 4.57 Å². The molecular weight excluding hydrogens is 230 g/mol. The van der Waals surface area contributed by atoms with Crippen molar-refractivity contribution in [2.75, 3.05) is 0 Å². The van der Waals surface area contributed by atoms with Crippen LogP contribution in [0.5, 0.6) is 0 Å². The molecule has 88 valence electrons. The zero-order chi connectivity index (χ0) is 13.4. The van der Waals surface area contributed by atoms with Gasteiger partial charge >= 0.3 is 0 Å². The molecule has 19 heavy (non-hydrogen) atoms. The summed E-state index contributed by atoms with van der Waals surface area (Å²) in [6.07, 6.45) is 12.7. The predicted molar refractivity (Wildman–Crippen MR) is 81.7 cm³/mol. The molecule has 0 spiro atoms. The third-order valence-corrected chi connectivity index (χ3v) is 3.32. The van der Waals surface area contributed by atoms with Gasteiger partial charge in [-0.15, -0.1) is 12.8 Å². The molecule has 0 aliphatic heterocycles. The fourth-order valence-electron chi connectivity index (χ4n) is 2.43. The third-order valence-electron chi connectivity index (χ3n) is 3.32. The highest BCUT2D eigenvalue weighted by Gasteiger charge is 2.09. The van der Waals surface area contributed by atoms with Crippen molar-refractivity contribution in [1.29, 1.82) is 0 Å². The van der Waals surface area contributed by atoms with Gasteiger partial charge in [0.2, 0.25) is 0 Å². The van der Waals surface area contributed by atoms with Crippen molar-refractivity contribution in [3.05, 3.63) is 54.1 Å². The number of rotatable bonds is 1. The molecule has 1 nitrogen and oxygen atoms in total. The van der Waals surface area contributed by atoms with Crippen LogP contribution >= 0.6 is 0 Å². The van der Waals surface area contributed by atoms with Gasteiger partial charge < -0.3 is 4.57 Å². The molecule has 0 bridgehead atoms. The lowest BCUT2D eigenvalue weighted by molar-refractivity contribution is 1.30. The summed E-state index contributed by atoms with van der Waals surface area (Å²) >= 11 is 0. The quantitative estimate of drug-likeness (QED) is 0.570. The molecule has 0 radical (unpaired) electrons.